The smallest absolute Gasteiger partial charge is 0.232 e. The zero-order valence-corrected chi connectivity index (χ0v) is 15.8. The van der Waals surface area contributed by atoms with Gasteiger partial charge in [-0.2, -0.15) is 5.10 Å². The number of aromatic nitrogens is 3. The molecule has 0 spiro atoms. The van der Waals surface area contributed by atoms with Crippen LogP contribution in [0.4, 0.5) is 0 Å². The summed E-state index contributed by atoms with van der Waals surface area (Å²) in [5, 5.41) is 7.03. The van der Waals surface area contributed by atoms with Crippen LogP contribution in [0.2, 0.25) is 0 Å². The third-order valence-corrected chi connectivity index (χ3v) is 4.72. The maximum atomic E-state index is 11.9. The van der Waals surface area contributed by atoms with Crippen LogP contribution in [-0.2, 0) is 16.1 Å². The minimum absolute atomic E-state index is 0.0795. The van der Waals surface area contributed by atoms with E-state index in [0.29, 0.717) is 12.2 Å². The molecule has 4 rings (SSSR count). The Labute approximate surface area is 162 Å². The first kappa shape index (κ1) is 17.9. The number of amides is 1. The van der Waals surface area contributed by atoms with Gasteiger partial charge in [-0.15, -0.1) is 0 Å². The van der Waals surface area contributed by atoms with Gasteiger partial charge < -0.3 is 5.32 Å². The molecule has 0 saturated carbocycles. The van der Waals surface area contributed by atoms with Crippen molar-refractivity contribution in [1.29, 1.82) is 0 Å². The maximum Gasteiger partial charge on any atom is 0.232 e. The molecule has 0 bridgehead atoms. The number of ketones is 1. The van der Waals surface area contributed by atoms with Crippen LogP contribution >= 0.6 is 0 Å². The van der Waals surface area contributed by atoms with Gasteiger partial charge in [0.15, 0.2) is 5.78 Å². The van der Waals surface area contributed by atoms with E-state index < -0.39 is 0 Å². The Morgan fingerprint density at radius 2 is 1.82 bits per heavy atom. The van der Waals surface area contributed by atoms with Crippen molar-refractivity contribution in [2.24, 2.45) is 0 Å². The van der Waals surface area contributed by atoms with Crippen molar-refractivity contribution in [3.05, 3.63) is 77.0 Å². The number of hydrogen-bond donors (Lipinski definition) is 1. The molecule has 6 nitrogen and oxygen atoms in total. The van der Waals surface area contributed by atoms with Crippen LogP contribution in [0, 0.1) is 13.8 Å². The molecule has 28 heavy (non-hydrogen) atoms. The van der Waals surface area contributed by atoms with Crippen molar-refractivity contribution in [2.75, 3.05) is 0 Å². The van der Waals surface area contributed by atoms with Gasteiger partial charge in [-0.05, 0) is 42.2 Å². The van der Waals surface area contributed by atoms with E-state index in [1.54, 1.807) is 6.08 Å². The first-order valence-corrected chi connectivity index (χ1v) is 9.11. The number of allylic oxidation sites excluding steroid dienone is 1. The summed E-state index contributed by atoms with van der Waals surface area (Å²) in [7, 11) is 0. The number of Topliss-reactive ketones (excluding diaryl/α,β-unsaturated/α-hetero) is 1. The second kappa shape index (κ2) is 7.23. The quantitative estimate of drug-likeness (QED) is 0.564. The molecule has 1 aliphatic heterocycles. The van der Waals surface area contributed by atoms with Crippen LogP contribution in [0.15, 0.2) is 54.2 Å². The minimum Gasteiger partial charge on any atom is -0.323 e. The highest BCUT2D eigenvalue weighted by Gasteiger charge is 2.24. The van der Waals surface area contributed by atoms with Gasteiger partial charge in [0.1, 0.15) is 11.6 Å². The first-order valence-electron chi connectivity index (χ1n) is 9.11. The monoisotopic (exact) mass is 372 g/mol. The van der Waals surface area contributed by atoms with Crippen LogP contribution in [0.1, 0.15) is 29.2 Å². The number of carbonyl (C=O) groups excluding carboxylic acids is 2. The fraction of sp³-hybridized carbons (Fsp3) is 0.182. The number of benzene rings is 2. The summed E-state index contributed by atoms with van der Waals surface area (Å²) in [5.74, 6) is 1.23. The first-order chi connectivity index (χ1) is 13.5. The molecule has 2 heterocycles. The number of carbonyl (C=O) groups is 2. The molecule has 140 valence electrons. The van der Waals surface area contributed by atoms with Crippen LogP contribution < -0.4 is 5.32 Å². The Balaban J connectivity index is 1.61. The normalized spacial score (nSPS) is 15.3. The van der Waals surface area contributed by atoms with E-state index in [4.69, 9.17) is 0 Å². The molecule has 2 aromatic carbocycles. The topological polar surface area (TPSA) is 76.9 Å². The van der Waals surface area contributed by atoms with Gasteiger partial charge in [-0.1, -0.05) is 48.5 Å². The average molecular weight is 372 g/mol. The summed E-state index contributed by atoms with van der Waals surface area (Å²) in [4.78, 5) is 27.7. The molecule has 0 aliphatic carbocycles. The number of aryl methyl sites for hydroxylation is 2. The Hall–Kier alpha value is -3.54. The molecule has 1 aromatic heterocycles. The fourth-order valence-corrected chi connectivity index (χ4v) is 3.34. The van der Waals surface area contributed by atoms with Crippen molar-refractivity contribution in [1.82, 2.24) is 20.1 Å². The average Bonchev–Trinajstić information content (AvgIpc) is 3.16. The molecule has 1 amide bonds. The van der Waals surface area contributed by atoms with Crippen molar-refractivity contribution < 1.29 is 9.59 Å². The maximum absolute atomic E-state index is 11.9. The van der Waals surface area contributed by atoms with Gasteiger partial charge in [-0.3, -0.25) is 9.59 Å². The molecule has 1 aliphatic rings. The lowest BCUT2D eigenvalue weighted by Gasteiger charge is -2.09. The van der Waals surface area contributed by atoms with Crippen molar-refractivity contribution in [2.45, 2.75) is 26.8 Å². The van der Waals surface area contributed by atoms with Crippen molar-refractivity contribution in [3.63, 3.8) is 0 Å². The van der Waals surface area contributed by atoms with Gasteiger partial charge in [0.25, 0.3) is 0 Å². The van der Waals surface area contributed by atoms with Crippen molar-refractivity contribution >= 4 is 17.8 Å². The van der Waals surface area contributed by atoms with Crippen LogP contribution in [-0.4, -0.2) is 26.5 Å². The Kier molecular flexibility index (Phi) is 4.61. The molecule has 1 N–H and O–H groups in total. The molecule has 3 aromatic rings. The molecular formula is C22H20N4O2. The van der Waals surface area contributed by atoms with E-state index in [1.807, 2.05) is 42.8 Å². The zero-order chi connectivity index (χ0) is 19.7. The zero-order valence-electron chi connectivity index (χ0n) is 15.8. The van der Waals surface area contributed by atoms with Gasteiger partial charge in [-0.25, -0.2) is 9.67 Å². The predicted molar refractivity (Wildman–Crippen MR) is 106 cm³/mol. The summed E-state index contributed by atoms with van der Waals surface area (Å²) < 4.78 is 1.89. The Morgan fingerprint density at radius 3 is 2.46 bits per heavy atom. The van der Waals surface area contributed by atoms with E-state index in [9.17, 15) is 9.59 Å². The van der Waals surface area contributed by atoms with E-state index >= 15 is 0 Å². The number of nitrogens with one attached hydrogen (secondary N) is 1. The standard InChI is InChI=1S/C22H20N4O2/c1-14-23-15(2)26(25-14)13-16-7-9-17(10-8-16)19-6-4-3-5-18(19)11-20-21(27)12-22(28)24-20/h3-11H,12-13H2,1-2H3,(H,24,28)/b20-11-. The third kappa shape index (κ3) is 3.62. The van der Waals surface area contributed by atoms with Crippen LogP contribution in [0.3, 0.4) is 0 Å². The van der Waals surface area contributed by atoms with E-state index in [0.717, 1.165) is 33.9 Å². The summed E-state index contributed by atoms with van der Waals surface area (Å²) in [5.41, 5.74) is 4.42. The summed E-state index contributed by atoms with van der Waals surface area (Å²) >= 11 is 0. The van der Waals surface area contributed by atoms with Crippen LogP contribution in [0.5, 0.6) is 0 Å². The third-order valence-electron chi connectivity index (χ3n) is 4.72. The van der Waals surface area contributed by atoms with Crippen LogP contribution in [0.25, 0.3) is 17.2 Å². The summed E-state index contributed by atoms with van der Waals surface area (Å²) in [6.07, 6.45) is 1.67. The Bertz CT molecular complexity index is 1090. The summed E-state index contributed by atoms with van der Waals surface area (Å²) in [6.45, 7) is 4.50. The molecular weight excluding hydrogens is 352 g/mol. The lowest BCUT2D eigenvalue weighted by Crippen LogP contribution is -2.12. The van der Waals surface area contributed by atoms with Gasteiger partial charge in [0.05, 0.1) is 18.7 Å². The van der Waals surface area contributed by atoms with Gasteiger partial charge in [0.2, 0.25) is 5.91 Å². The highest BCUT2D eigenvalue weighted by Crippen LogP contribution is 2.26. The SMILES string of the molecule is Cc1nc(C)n(Cc2ccc(-c3ccccc3/C=C3\NC(=O)CC3=O)cc2)n1. The largest absolute Gasteiger partial charge is 0.323 e. The predicted octanol–water partition coefficient (Wildman–Crippen LogP) is 3.04. The molecule has 1 saturated heterocycles. The molecule has 0 radical (unpaired) electrons. The molecule has 6 heteroatoms. The highest BCUT2D eigenvalue weighted by molar-refractivity contribution is 6.17. The van der Waals surface area contributed by atoms with E-state index in [1.165, 1.54) is 0 Å². The Morgan fingerprint density at radius 1 is 1.07 bits per heavy atom. The fourth-order valence-electron chi connectivity index (χ4n) is 3.34. The summed E-state index contributed by atoms with van der Waals surface area (Å²) in [6, 6.07) is 16.1. The highest BCUT2D eigenvalue weighted by atomic mass is 16.2. The number of nitrogens with zero attached hydrogens (tertiary/aromatic N) is 3. The van der Waals surface area contributed by atoms with E-state index in [-0.39, 0.29) is 18.1 Å². The van der Waals surface area contributed by atoms with Gasteiger partial charge >= 0.3 is 0 Å². The minimum atomic E-state index is -0.253. The lowest BCUT2D eigenvalue weighted by molar-refractivity contribution is -0.121. The van der Waals surface area contributed by atoms with E-state index in [2.05, 4.69) is 39.7 Å². The molecule has 0 unspecified atom stereocenters. The second-order valence-electron chi connectivity index (χ2n) is 6.85. The van der Waals surface area contributed by atoms with Gasteiger partial charge in [0, 0.05) is 0 Å². The lowest BCUT2D eigenvalue weighted by atomic mass is 9.97. The second-order valence-corrected chi connectivity index (χ2v) is 6.85. The molecule has 0 atom stereocenters. The number of rotatable bonds is 4. The van der Waals surface area contributed by atoms with Crippen molar-refractivity contribution in [3.8, 4) is 11.1 Å². The molecule has 1 fully saturated rings. The number of hydrogen-bond acceptors (Lipinski definition) is 4.